The lowest BCUT2D eigenvalue weighted by Gasteiger charge is -2.24. The highest BCUT2D eigenvalue weighted by Gasteiger charge is 2.25. The molecular formula is C20H23F2N7OS. The second kappa shape index (κ2) is 8.60. The van der Waals surface area contributed by atoms with Gasteiger partial charge < -0.3 is 21.7 Å². The largest absolute Gasteiger partial charge is 0.389 e. The van der Waals surface area contributed by atoms with Crippen LogP contribution < -0.4 is 21.7 Å². The van der Waals surface area contributed by atoms with Crippen LogP contribution in [0.3, 0.4) is 0 Å². The molecule has 0 saturated carbocycles. The third-order valence-corrected chi connectivity index (χ3v) is 6.18. The van der Waals surface area contributed by atoms with E-state index in [-0.39, 0.29) is 27.3 Å². The molecule has 1 aliphatic rings. The Bertz CT molecular complexity index is 1090. The third kappa shape index (κ3) is 4.23. The number of carbonyl (C=O) groups is 1. The second-order valence-corrected chi connectivity index (χ2v) is 8.50. The minimum absolute atomic E-state index is 0.00571. The molecule has 1 fully saturated rings. The van der Waals surface area contributed by atoms with Gasteiger partial charge in [0.2, 0.25) is 0 Å². The second-order valence-electron chi connectivity index (χ2n) is 7.47. The van der Waals surface area contributed by atoms with Gasteiger partial charge in [-0.3, -0.25) is 9.48 Å². The average molecular weight is 448 g/mol. The molecule has 0 bridgehead atoms. The van der Waals surface area contributed by atoms with E-state index in [0.717, 1.165) is 61.6 Å². The number of nitrogens with two attached hydrogens (primary N) is 2. The molecule has 1 aromatic carbocycles. The summed E-state index contributed by atoms with van der Waals surface area (Å²) in [5.74, 6) is -1.35. The van der Waals surface area contributed by atoms with Crippen LogP contribution in [-0.4, -0.2) is 39.8 Å². The number of hydrogen-bond acceptors (Lipinski definition) is 7. The summed E-state index contributed by atoms with van der Waals surface area (Å²) in [6.07, 6.45) is 4.28. The molecule has 4 rings (SSSR count). The first kappa shape index (κ1) is 21.2. The Morgan fingerprint density at radius 3 is 2.74 bits per heavy atom. The molecule has 8 nitrogen and oxygen atoms in total. The number of rotatable bonds is 4. The molecule has 3 aromatic rings. The van der Waals surface area contributed by atoms with Gasteiger partial charge in [-0.2, -0.15) is 5.10 Å². The maximum absolute atomic E-state index is 14.1. The molecule has 1 atom stereocenters. The zero-order valence-corrected chi connectivity index (χ0v) is 17.8. The first-order chi connectivity index (χ1) is 14.8. The predicted molar refractivity (Wildman–Crippen MR) is 117 cm³/mol. The lowest BCUT2D eigenvalue weighted by atomic mass is 10.1. The smallest absolute Gasteiger partial charge is 0.277 e. The minimum Gasteiger partial charge on any atom is -0.389 e. The first-order valence-electron chi connectivity index (χ1n) is 9.89. The summed E-state index contributed by atoms with van der Waals surface area (Å²) in [5, 5.41) is 7.14. The summed E-state index contributed by atoms with van der Waals surface area (Å²) < 4.78 is 29.9. The molecule has 0 spiro atoms. The number of carbonyl (C=O) groups excluding carboxylic acids is 1. The van der Waals surface area contributed by atoms with Crippen molar-refractivity contribution >= 4 is 33.8 Å². The van der Waals surface area contributed by atoms with Crippen LogP contribution >= 0.6 is 11.3 Å². The maximum Gasteiger partial charge on any atom is 0.277 e. The summed E-state index contributed by atoms with van der Waals surface area (Å²) in [7, 11) is 1.80. The van der Waals surface area contributed by atoms with E-state index in [2.05, 4.69) is 20.3 Å². The lowest BCUT2D eigenvalue weighted by molar-refractivity contribution is 0.102. The molecule has 1 amide bonds. The van der Waals surface area contributed by atoms with Crippen LogP contribution in [0.15, 0.2) is 24.4 Å². The van der Waals surface area contributed by atoms with Crippen LogP contribution in [0.4, 0.5) is 25.3 Å². The van der Waals surface area contributed by atoms with Gasteiger partial charge in [-0.1, -0.05) is 17.4 Å². The zero-order valence-electron chi connectivity index (χ0n) is 16.9. The molecule has 0 unspecified atom stereocenters. The summed E-state index contributed by atoms with van der Waals surface area (Å²) in [5.41, 5.74) is 12.2. The molecule has 0 aliphatic carbocycles. The van der Waals surface area contributed by atoms with Crippen LogP contribution in [0, 0.1) is 11.6 Å². The summed E-state index contributed by atoms with van der Waals surface area (Å²) in [6.45, 7) is 1.55. The number of nitrogens with zero attached hydrogens (tertiary/aromatic N) is 4. The zero-order chi connectivity index (χ0) is 22.1. The number of halogens is 2. The Morgan fingerprint density at radius 2 is 2.00 bits per heavy atom. The van der Waals surface area contributed by atoms with Crippen molar-refractivity contribution in [2.24, 2.45) is 12.8 Å². The number of thiazole rings is 1. The van der Waals surface area contributed by atoms with Gasteiger partial charge in [-0.25, -0.2) is 13.8 Å². The number of benzene rings is 1. The Balaban J connectivity index is 1.60. The molecule has 2 aromatic heterocycles. The van der Waals surface area contributed by atoms with Crippen molar-refractivity contribution < 1.29 is 13.6 Å². The van der Waals surface area contributed by atoms with Crippen LogP contribution in [0.2, 0.25) is 0 Å². The lowest BCUT2D eigenvalue weighted by Crippen LogP contribution is -2.29. The fourth-order valence-corrected chi connectivity index (χ4v) is 4.59. The van der Waals surface area contributed by atoms with E-state index in [0.29, 0.717) is 5.69 Å². The number of aromatic nitrogens is 3. The molecule has 31 heavy (non-hydrogen) atoms. The van der Waals surface area contributed by atoms with E-state index in [1.165, 1.54) is 6.07 Å². The monoisotopic (exact) mass is 447 g/mol. The highest BCUT2D eigenvalue weighted by molar-refractivity contribution is 7.19. The van der Waals surface area contributed by atoms with E-state index >= 15 is 0 Å². The first-order valence-corrected chi connectivity index (χ1v) is 10.7. The maximum atomic E-state index is 14.1. The number of aryl methyl sites for hydroxylation is 1. The van der Waals surface area contributed by atoms with Gasteiger partial charge in [0.05, 0.1) is 11.8 Å². The fraction of sp³-hybridized carbons (Fsp3) is 0.350. The third-order valence-electron chi connectivity index (χ3n) is 5.27. The van der Waals surface area contributed by atoms with Gasteiger partial charge in [-0.15, -0.1) is 0 Å². The molecule has 5 N–H and O–H groups in total. The molecule has 3 heterocycles. The number of anilines is 3. The van der Waals surface area contributed by atoms with Crippen molar-refractivity contribution in [3.05, 3.63) is 41.7 Å². The van der Waals surface area contributed by atoms with Crippen LogP contribution in [0.25, 0.3) is 10.6 Å². The Labute approximate surface area is 181 Å². The minimum atomic E-state index is -0.769. The number of amides is 1. The predicted octanol–water partition coefficient (Wildman–Crippen LogP) is 2.97. The van der Waals surface area contributed by atoms with Crippen molar-refractivity contribution in [3.63, 3.8) is 0 Å². The summed E-state index contributed by atoms with van der Waals surface area (Å²) in [4.78, 5) is 19.2. The van der Waals surface area contributed by atoms with E-state index in [9.17, 15) is 13.6 Å². The topological polar surface area (TPSA) is 115 Å². The van der Waals surface area contributed by atoms with E-state index in [1.807, 2.05) is 0 Å². The standard InChI is InChI=1S/C20H23F2N7OS/c1-28-20(29-8-3-4-11(23)7-9-29)14(10-25-28)26-18(30)16-17(24)31-19(27-16)15-12(21)5-2-6-13(15)22/h2,5-6,10-11H,3-4,7-9,23-24H2,1H3,(H,26,30)/t11-/m1/s1. The van der Waals surface area contributed by atoms with Gasteiger partial charge in [0.25, 0.3) is 5.91 Å². The van der Waals surface area contributed by atoms with Gasteiger partial charge in [0.1, 0.15) is 27.3 Å². The average Bonchev–Trinajstić information content (AvgIpc) is 3.19. The van der Waals surface area contributed by atoms with Crippen molar-refractivity contribution in [1.82, 2.24) is 14.8 Å². The highest BCUT2D eigenvalue weighted by atomic mass is 32.1. The van der Waals surface area contributed by atoms with E-state index in [1.54, 1.807) is 17.9 Å². The number of nitrogens with one attached hydrogen (secondary N) is 1. The molecule has 1 aliphatic heterocycles. The Kier molecular flexibility index (Phi) is 5.88. The van der Waals surface area contributed by atoms with Crippen LogP contribution in [0.1, 0.15) is 29.8 Å². The van der Waals surface area contributed by atoms with Crippen molar-refractivity contribution in [2.75, 3.05) is 29.0 Å². The summed E-state index contributed by atoms with van der Waals surface area (Å²) in [6, 6.07) is 3.68. The quantitative estimate of drug-likeness (QED) is 0.566. The van der Waals surface area contributed by atoms with Gasteiger partial charge >= 0.3 is 0 Å². The van der Waals surface area contributed by atoms with Crippen molar-refractivity contribution in [2.45, 2.75) is 25.3 Å². The highest BCUT2D eigenvalue weighted by Crippen LogP contribution is 2.34. The van der Waals surface area contributed by atoms with Gasteiger partial charge in [0.15, 0.2) is 11.5 Å². The summed E-state index contributed by atoms with van der Waals surface area (Å²) >= 11 is 0.856. The molecule has 164 valence electrons. The van der Waals surface area contributed by atoms with E-state index in [4.69, 9.17) is 11.5 Å². The Hall–Kier alpha value is -3.05. The number of hydrogen-bond donors (Lipinski definition) is 3. The van der Waals surface area contributed by atoms with Gasteiger partial charge in [0, 0.05) is 26.2 Å². The van der Waals surface area contributed by atoms with Gasteiger partial charge in [-0.05, 0) is 31.4 Å². The van der Waals surface area contributed by atoms with Crippen LogP contribution in [-0.2, 0) is 7.05 Å². The molecule has 1 saturated heterocycles. The SMILES string of the molecule is Cn1ncc(NC(=O)c2nc(-c3c(F)cccc3F)sc2N)c1N1CCC[C@@H](N)CC1. The van der Waals surface area contributed by atoms with E-state index < -0.39 is 17.5 Å². The molecular weight excluding hydrogens is 424 g/mol. The molecule has 0 radical (unpaired) electrons. The normalized spacial score (nSPS) is 16.9. The Morgan fingerprint density at radius 1 is 1.26 bits per heavy atom. The fourth-order valence-electron chi connectivity index (χ4n) is 3.71. The van der Waals surface area contributed by atoms with Crippen LogP contribution in [0.5, 0.6) is 0 Å². The molecule has 11 heteroatoms. The van der Waals surface area contributed by atoms with Crippen molar-refractivity contribution in [3.8, 4) is 10.6 Å². The van der Waals surface area contributed by atoms with Crippen molar-refractivity contribution in [1.29, 1.82) is 0 Å². The number of nitrogen functional groups attached to an aromatic ring is 1.